The molecule has 1 amide bonds. The molecule has 0 radical (unpaired) electrons. The Balaban J connectivity index is 2.03. The van der Waals surface area contributed by atoms with Crippen LogP contribution in [0.4, 0.5) is 0 Å². The molecule has 1 aliphatic heterocycles. The Bertz CT molecular complexity index is 603. The molecule has 0 bridgehead atoms. The van der Waals surface area contributed by atoms with E-state index in [4.69, 9.17) is 14.2 Å². The van der Waals surface area contributed by atoms with Crippen molar-refractivity contribution in [3.63, 3.8) is 0 Å². The first-order valence-electron chi connectivity index (χ1n) is 8.50. The number of amides is 1. The summed E-state index contributed by atoms with van der Waals surface area (Å²) in [4.78, 5) is 28.2. The Morgan fingerprint density at radius 1 is 1.12 bits per heavy atom. The number of carbonyl (C=O) groups is 2. The summed E-state index contributed by atoms with van der Waals surface area (Å²) in [6, 6.07) is 5.14. The first kappa shape index (κ1) is 19.1. The van der Waals surface area contributed by atoms with Crippen LogP contribution in [0.25, 0.3) is 0 Å². The summed E-state index contributed by atoms with van der Waals surface area (Å²) in [5.74, 6) is 0.798. The summed E-state index contributed by atoms with van der Waals surface area (Å²) in [7, 11) is 3.98. The van der Waals surface area contributed by atoms with Crippen molar-refractivity contribution >= 4 is 11.9 Å². The van der Waals surface area contributed by atoms with Gasteiger partial charge in [-0.3, -0.25) is 9.59 Å². The minimum Gasteiger partial charge on any atom is -0.466 e. The normalized spacial score (nSPS) is 12.3. The molecule has 1 aromatic rings. The Morgan fingerprint density at radius 3 is 2.60 bits per heavy atom. The predicted molar refractivity (Wildman–Crippen MR) is 92.9 cm³/mol. The quantitative estimate of drug-likeness (QED) is 0.632. The van der Waals surface area contributed by atoms with Gasteiger partial charge >= 0.3 is 5.97 Å². The maximum Gasteiger partial charge on any atom is 0.307 e. The molecule has 25 heavy (non-hydrogen) atoms. The van der Waals surface area contributed by atoms with Gasteiger partial charge in [-0.25, -0.2) is 0 Å². The van der Waals surface area contributed by atoms with Gasteiger partial charge in [-0.05, 0) is 52.2 Å². The third-order valence-corrected chi connectivity index (χ3v) is 3.83. The highest BCUT2D eigenvalue weighted by atomic mass is 16.7. The number of nitrogens with zero attached hydrogens (tertiary/aromatic N) is 2. The van der Waals surface area contributed by atoms with Crippen LogP contribution in [0.2, 0.25) is 0 Å². The van der Waals surface area contributed by atoms with E-state index < -0.39 is 0 Å². The molecule has 0 spiro atoms. The van der Waals surface area contributed by atoms with Crippen molar-refractivity contribution in [2.45, 2.75) is 19.8 Å². The van der Waals surface area contributed by atoms with Gasteiger partial charge in [0.15, 0.2) is 11.5 Å². The Labute approximate surface area is 148 Å². The molecule has 2 rings (SSSR count). The van der Waals surface area contributed by atoms with Gasteiger partial charge in [-0.1, -0.05) is 0 Å². The fourth-order valence-electron chi connectivity index (χ4n) is 2.56. The topological polar surface area (TPSA) is 68.3 Å². The molecule has 0 atom stereocenters. The number of esters is 1. The molecule has 0 fully saturated rings. The summed E-state index contributed by atoms with van der Waals surface area (Å²) in [6.07, 6.45) is 1.01. The van der Waals surface area contributed by atoms with Crippen molar-refractivity contribution in [3.8, 4) is 11.5 Å². The summed E-state index contributed by atoms with van der Waals surface area (Å²) < 4.78 is 15.6. The van der Waals surface area contributed by atoms with Gasteiger partial charge in [0, 0.05) is 18.7 Å². The van der Waals surface area contributed by atoms with Gasteiger partial charge in [0.1, 0.15) is 0 Å². The lowest BCUT2D eigenvalue weighted by atomic mass is 10.1. The second kappa shape index (κ2) is 9.27. The molecule has 1 aromatic carbocycles. The van der Waals surface area contributed by atoms with E-state index >= 15 is 0 Å². The van der Waals surface area contributed by atoms with Crippen LogP contribution >= 0.6 is 0 Å². The number of benzene rings is 1. The first-order valence-corrected chi connectivity index (χ1v) is 8.50. The van der Waals surface area contributed by atoms with Crippen LogP contribution < -0.4 is 9.47 Å². The highest BCUT2D eigenvalue weighted by Gasteiger charge is 2.21. The predicted octanol–water partition coefficient (Wildman–Crippen LogP) is 1.76. The summed E-state index contributed by atoms with van der Waals surface area (Å²) in [5.41, 5.74) is 0.526. The van der Waals surface area contributed by atoms with Crippen LogP contribution in [0.5, 0.6) is 11.5 Å². The zero-order valence-electron chi connectivity index (χ0n) is 15.1. The van der Waals surface area contributed by atoms with E-state index in [1.165, 1.54) is 0 Å². The first-order chi connectivity index (χ1) is 12.0. The smallest absolute Gasteiger partial charge is 0.307 e. The SMILES string of the molecule is CCOC(=O)CCN(CCCN(C)C)C(=O)c1ccc2c(c1)OCO2. The van der Waals surface area contributed by atoms with Crippen LogP contribution in [0.3, 0.4) is 0 Å². The molecular weight excluding hydrogens is 324 g/mol. The van der Waals surface area contributed by atoms with Crippen LogP contribution in [-0.4, -0.2) is 68.8 Å². The molecule has 1 heterocycles. The molecule has 7 nitrogen and oxygen atoms in total. The zero-order chi connectivity index (χ0) is 18.2. The zero-order valence-corrected chi connectivity index (χ0v) is 15.1. The van der Waals surface area contributed by atoms with Crippen molar-refractivity contribution in [3.05, 3.63) is 23.8 Å². The van der Waals surface area contributed by atoms with Crippen molar-refractivity contribution in [1.82, 2.24) is 9.80 Å². The monoisotopic (exact) mass is 350 g/mol. The van der Waals surface area contributed by atoms with Crippen molar-refractivity contribution in [1.29, 1.82) is 0 Å². The molecule has 7 heteroatoms. The minimum absolute atomic E-state index is 0.124. The Hall–Kier alpha value is -2.28. The number of carbonyl (C=O) groups excluding carboxylic acids is 2. The van der Waals surface area contributed by atoms with E-state index in [2.05, 4.69) is 4.90 Å². The molecular formula is C18H26N2O5. The molecule has 0 aromatic heterocycles. The average molecular weight is 350 g/mol. The Morgan fingerprint density at radius 2 is 1.88 bits per heavy atom. The number of ether oxygens (including phenoxy) is 3. The maximum atomic E-state index is 12.9. The van der Waals surface area contributed by atoms with E-state index in [0.717, 1.165) is 13.0 Å². The van der Waals surface area contributed by atoms with Crippen LogP contribution in [-0.2, 0) is 9.53 Å². The van der Waals surface area contributed by atoms with Gasteiger partial charge < -0.3 is 24.0 Å². The van der Waals surface area contributed by atoms with Gasteiger partial charge in [0.05, 0.1) is 13.0 Å². The van der Waals surface area contributed by atoms with E-state index in [-0.39, 0.29) is 25.1 Å². The minimum atomic E-state index is -0.293. The third-order valence-electron chi connectivity index (χ3n) is 3.83. The second-order valence-electron chi connectivity index (χ2n) is 6.07. The number of rotatable bonds is 9. The average Bonchev–Trinajstić information content (AvgIpc) is 3.04. The van der Waals surface area contributed by atoms with Crippen LogP contribution in [0.1, 0.15) is 30.1 Å². The van der Waals surface area contributed by atoms with Gasteiger partial charge in [-0.15, -0.1) is 0 Å². The van der Waals surface area contributed by atoms with E-state index in [0.29, 0.717) is 36.8 Å². The van der Waals surface area contributed by atoms with Crippen LogP contribution in [0.15, 0.2) is 18.2 Å². The number of hydrogen-bond acceptors (Lipinski definition) is 6. The number of hydrogen-bond donors (Lipinski definition) is 0. The standard InChI is InChI=1S/C18H26N2O5/c1-4-23-17(21)8-11-20(10-5-9-19(2)3)18(22)14-6-7-15-16(12-14)25-13-24-15/h6-7,12H,4-5,8-11,13H2,1-3H3. The van der Waals surface area contributed by atoms with E-state index in [1.807, 2.05) is 14.1 Å². The summed E-state index contributed by atoms with van der Waals surface area (Å²) in [5, 5.41) is 0. The lowest BCUT2D eigenvalue weighted by Gasteiger charge is -2.23. The third kappa shape index (κ3) is 5.63. The fourth-order valence-corrected chi connectivity index (χ4v) is 2.56. The fraction of sp³-hybridized carbons (Fsp3) is 0.556. The molecule has 0 unspecified atom stereocenters. The maximum absolute atomic E-state index is 12.9. The van der Waals surface area contributed by atoms with Crippen molar-refractivity contribution < 1.29 is 23.8 Å². The van der Waals surface area contributed by atoms with Gasteiger partial charge in [0.25, 0.3) is 5.91 Å². The van der Waals surface area contributed by atoms with Gasteiger partial charge in [0.2, 0.25) is 6.79 Å². The van der Waals surface area contributed by atoms with Crippen molar-refractivity contribution in [2.75, 3.05) is 47.1 Å². The molecule has 0 aliphatic carbocycles. The molecule has 0 saturated carbocycles. The van der Waals surface area contributed by atoms with Gasteiger partial charge in [-0.2, -0.15) is 0 Å². The molecule has 0 saturated heterocycles. The number of fused-ring (bicyclic) bond motifs is 1. The molecule has 1 aliphatic rings. The van der Waals surface area contributed by atoms with Crippen molar-refractivity contribution in [2.24, 2.45) is 0 Å². The summed E-state index contributed by atoms with van der Waals surface area (Å²) >= 11 is 0. The highest BCUT2D eigenvalue weighted by molar-refractivity contribution is 5.95. The molecule has 138 valence electrons. The largest absolute Gasteiger partial charge is 0.466 e. The molecule has 0 N–H and O–H groups in total. The van der Waals surface area contributed by atoms with E-state index in [1.54, 1.807) is 30.0 Å². The second-order valence-corrected chi connectivity index (χ2v) is 6.07. The van der Waals surface area contributed by atoms with Crippen LogP contribution in [0, 0.1) is 0 Å². The highest BCUT2D eigenvalue weighted by Crippen LogP contribution is 2.32. The summed E-state index contributed by atoms with van der Waals surface area (Å²) in [6.45, 7) is 4.05. The Kier molecular flexibility index (Phi) is 7.06. The lowest BCUT2D eigenvalue weighted by molar-refractivity contribution is -0.143. The lowest BCUT2D eigenvalue weighted by Crippen LogP contribution is -2.35. The van der Waals surface area contributed by atoms with E-state index in [9.17, 15) is 9.59 Å².